The van der Waals surface area contributed by atoms with Crippen molar-refractivity contribution < 1.29 is 13.2 Å². The molecule has 0 radical (unpaired) electrons. The number of hydrogen-bond donors (Lipinski definition) is 1. The van der Waals surface area contributed by atoms with Crippen molar-refractivity contribution in [1.82, 2.24) is 9.73 Å². The highest BCUT2D eigenvalue weighted by Gasteiger charge is 2.17. The molecule has 1 N–H and O–H groups in total. The van der Waals surface area contributed by atoms with E-state index in [9.17, 15) is 13.2 Å². The van der Waals surface area contributed by atoms with Gasteiger partial charge in [0.1, 0.15) is 0 Å². The van der Waals surface area contributed by atoms with Gasteiger partial charge < -0.3 is 0 Å². The van der Waals surface area contributed by atoms with Gasteiger partial charge in [0.2, 0.25) is 5.91 Å². The van der Waals surface area contributed by atoms with Gasteiger partial charge in [-0.15, -0.1) is 5.11 Å². The van der Waals surface area contributed by atoms with Crippen molar-refractivity contribution in [2.24, 2.45) is 10.3 Å². The zero-order valence-corrected chi connectivity index (χ0v) is 15.3. The average molecular weight is 354 g/mol. The lowest BCUT2D eigenvalue weighted by Gasteiger charge is -2.07. The van der Waals surface area contributed by atoms with Crippen LogP contribution in [0.3, 0.4) is 0 Å². The summed E-state index contributed by atoms with van der Waals surface area (Å²) in [5.41, 5.74) is 0.532. The van der Waals surface area contributed by atoms with Gasteiger partial charge in [-0.2, -0.15) is 0 Å². The molecule has 7 nitrogen and oxygen atoms in total. The van der Waals surface area contributed by atoms with Crippen molar-refractivity contribution in [1.29, 1.82) is 0 Å². The Morgan fingerprint density at radius 2 is 1.71 bits per heavy atom. The third-order valence-electron chi connectivity index (χ3n) is 3.24. The van der Waals surface area contributed by atoms with Gasteiger partial charge in [0, 0.05) is 20.5 Å². The Bertz CT molecular complexity index is 640. The zero-order valence-electron chi connectivity index (χ0n) is 14.5. The maximum absolute atomic E-state index is 12.2. The van der Waals surface area contributed by atoms with Gasteiger partial charge in [0.25, 0.3) is 10.0 Å². The van der Waals surface area contributed by atoms with Crippen LogP contribution in [-0.4, -0.2) is 33.4 Å². The van der Waals surface area contributed by atoms with Gasteiger partial charge >= 0.3 is 0 Å². The molecule has 1 aromatic carbocycles. The van der Waals surface area contributed by atoms with Gasteiger partial charge in [-0.3, -0.25) is 9.80 Å². The number of unbranched alkanes of at least 4 members (excludes halogenated alkanes) is 4. The topological polar surface area (TPSA) is 91.2 Å². The molecular weight excluding hydrogens is 328 g/mol. The summed E-state index contributed by atoms with van der Waals surface area (Å²) >= 11 is 0. The van der Waals surface area contributed by atoms with Gasteiger partial charge in [-0.25, -0.2) is 13.1 Å². The Morgan fingerprint density at radius 1 is 1.08 bits per heavy atom. The number of carbonyl (C=O) groups excluding carboxylic acids is 1. The smallest absolute Gasteiger partial charge is 0.264 e. The SMILES string of the molecule is CCCCCCCC(=O)NS(=O)(=O)c1ccc(N=NN(C)C)cc1. The Labute approximate surface area is 144 Å². The summed E-state index contributed by atoms with van der Waals surface area (Å²) in [5.74, 6) is -0.470. The molecule has 1 rings (SSSR count). The van der Waals surface area contributed by atoms with Gasteiger partial charge in [0.05, 0.1) is 10.6 Å². The fraction of sp³-hybridized carbons (Fsp3) is 0.562. The number of nitrogens with one attached hydrogen (secondary N) is 1. The van der Waals surface area contributed by atoms with E-state index in [1.807, 2.05) is 0 Å². The predicted octanol–water partition coefficient (Wildman–Crippen LogP) is 3.41. The highest BCUT2D eigenvalue weighted by Crippen LogP contribution is 2.17. The second kappa shape index (κ2) is 10.0. The fourth-order valence-electron chi connectivity index (χ4n) is 1.98. The molecule has 0 aliphatic rings. The highest BCUT2D eigenvalue weighted by molar-refractivity contribution is 7.90. The van der Waals surface area contributed by atoms with E-state index in [1.165, 1.54) is 29.3 Å². The van der Waals surface area contributed by atoms with Crippen molar-refractivity contribution >= 4 is 21.6 Å². The van der Waals surface area contributed by atoms with Crippen LogP contribution in [0.15, 0.2) is 39.5 Å². The molecule has 0 aliphatic carbocycles. The van der Waals surface area contributed by atoms with Crippen molar-refractivity contribution in [3.8, 4) is 0 Å². The summed E-state index contributed by atoms with van der Waals surface area (Å²) in [4.78, 5) is 11.8. The monoisotopic (exact) mass is 354 g/mol. The molecule has 0 bridgehead atoms. The minimum Gasteiger partial charge on any atom is -0.285 e. The number of rotatable bonds is 10. The molecule has 24 heavy (non-hydrogen) atoms. The van der Waals surface area contributed by atoms with Crippen LogP contribution in [0.25, 0.3) is 0 Å². The maximum Gasteiger partial charge on any atom is 0.264 e. The Hall–Kier alpha value is -1.96. The second-order valence-electron chi connectivity index (χ2n) is 5.72. The molecule has 0 fully saturated rings. The Morgan fingerprint density at radius 3 is 2.29 bits per heavy atom. The summed E-state index contributed by atoms with van der Waals surface area (Å²) in [6.07, 6.45) is 5.19. The molecule has 8 heteroatoms. The lowest BCUT2D eigenvalue weighted by atomic mass is 10.1. The van der Waals surface area contributed by atoms with E-state index in [0.29, 0.717) is 12.1 Å². The second-order valence-corrected chi connectivity index (χ2v) is 7.41. The van der Waals surface area contributed by atoms with Crippen LogP contribution < -0.4 is 4.72 Å². The quantitative estimate of drug-likeness (QED) is 0.396. The molecule has 1 amide bonds. The van der Waals surface area contributed by atoms with Gasteiger partial charge in [-0.1, -0.05) is 37.8 Å². The third-order valence-corrected chi connectivity index (χ3v) is 4.63. The van der Waals surface area contributed by atoms with E-state index in [0.717, 1.165) is 25.7 Å². The van der Waals surface area contributed by atoms with E-state index >= 15 is 0 Å². The highest BCUT2D eigenvalue weighted by atomic mass is 32.2. The predicted molar refractivity (Wildman–Crippen MR) is 93.3 cm³/mol. The molecular formula is C16H26N4O3S. The van der Waals surface area contributed by atoms with Gasteiger partial charge in [-0.05, 0) is 30.7 Å². The maximum atomic E-state index is 12.2. The van der Waals surface area contributed by atoms with Gasteiger partial charge in [0.15, 0.2) is 0 Å². The summed E-state index contributed by atoms with van der Waals surface area (Å²) in [6.45, 7) is 2.12. The minimum atomic E-state index is -3.84. The normalized spacial score (nSPS) is 11.6. The first-order valence-corrected chi connectivity index (χ1v) is 9.58. The first-order chi connectivity index (χ1) is 11.3. The molecule has 134 valence electrons. The van der Waals surface area contributed by atoms with E-state index in [-0.39, 0.29) is 11.3 Å². The molecule has 0 aliphatic heterocycles. The van der Waals surface area contributed by atoms with Crippen molar-refractivity contribution in [3.63, 3.8) is 0 Å². The molecule has 0 spiro atoms. The summed E-state index contributed by atoms with van der Waals surface area (Å²) in [7, 11) is -0.365. The third kappa shape index (κ3) is 7.54. The molecule has 0 heterocycles. The van der Waals surface area contributed by atoms with E-state index < -0.39 is 15.9 Å². The average Bonchev–Trinajstić information content (AvgIpc) is 2.52. The van der Waals surface area contributed by atoms with Crippen LogP contribution in [0.2, 0.25) is 0 Å². The largest absolute Gasteiger partial charge is 0.285 e. The van der Waals surface area contributed by atoms with Crippen LogP contribution in [0, 0.1) is 0 Å². The number of amides is 1. The van der Waals surface area contributed by atoms with E-state index in [1.54, 1.807) is 14.1 Å². The summed E-state index contributed by atoms with van der Waals surface area (Å²) in [5, 5.41) is 9.29. The van der Waals surface area contributed by atoms with E-state index in [2.05, 4.69) is 22.0 Å². The number of hydrogen-bond acceptors (Lipinski definition) is 5. The molecule has 1 aromatic rings. The van der Waals surface area contributed by atoms with Crippen LogP contribution >= 0.6 is 0 Å². The molecule has 0 atom stereocenters. The number of sulfonamides is 1. The minimum absolute atomic E-state index is 0.0330. The fourth-order valence-corrected chi connectivity index (χ4v) is 3.00. The lowest BCUT2D eigenvalue weighted by Crippen LogP contribution is -2.30. The van der Waals surface area contributed by atoms with Crippen molar-refractivity contribution in [3.05, 3.63) is 24.3 Å². The van der Waals surface area contributed by atoms with Crippen molar-refractivity contribution in [2.45, 2.75) is 50.3 Å². The van der Waals surface area contributed by atoms with Crippen LogP contribution in [0.1, 0.15) is 45.4 Å². The van der Waals surface area contributed by atoms with Crippen LogP contribution in [0.4, 0.5) is 5.69 Å². The molecule has 0 aromatic heterocycles. The Kier molecular flexibility index (Phi) is 8.39. The Balaban J connectivity index is 2.57. The van der Waals surface area contributed by atoms with E-state index in [4.69, 9.17) is 0 Å². The number of benzene rings is 1. The first kappa shape index (κ1) is 20.1. The molecule has 0 saturated heterocycles. The first-order valence-electron chi connectivity index (χ1n) is 8.10. The van der Waals surface area contributed by atoms with Crippen LogP contribution in [-0.2, 0) is 14.8 Å². The van der Waals surface area contributed by atoms with Crippen molar-refractivity contribution in [2.75, 3.05) is 14.1 Å². The van der Waals surface area contributed by atoms with Crippen LogP contribution in [0.5, 0.6) is 0 Å². The molecule has 0 unspecified atom stereocenters. The number of carbonyl (C=O) groups is 1. The molecule has 0 saturated carbocycles. The summed E-state index contributed by atoms with van der Waals surface area (Å²) in [6, 6.07) is 5.88. The lowest BCUT2D eigenvalue weighted by molar-refractivity contribution is -0.119. The number of nitrogens with zero attached hydrogens (tertiary/aromatic N) is 3. The zero-order chi connectivity index (χ0) is 18.0. The summed E-state index contributed by atoms with van der Waals surface area (Å²) < 4.78 is 26.4. The standard InChI is InChI=1S/C16H26N4O3S/c1-4-5-6-7-8-9-16(21)18-24(22,23)15-12-10-14(11-13-15)17-19-20(2)3/h10-13H,4-9H2,1-3H3,(H,18,21).